The molecule has 0 bridgehead atoms. The number of aromatic nitrogens is 3. The summed E-state index contributed by atoms with van der Waals surface area (Å²) in [5.74, 6) is 0.859. The number of H-pyrrole nitrogens is 1. The number of nitrogens with zero attached hydrogens (tertiary/aromatic N) is 3. The number of benzene rings is 1. The predicted molar refractivity (Wildman–Crippen MR) is 82.4 cm³/mol. The molecule has 0 aliphatic carbocycles. The second-order valence-electron chi connectivity index (χ2n) is 5.11. The molecule has 0 saturated carbocycles. The zero-order valence-electron chi connectivity index (χ0n) is 11.6. The Bertz CT molecular complexity index is 711. The molecule has 3 aromatic rings. The highest BCUT2D eigenvalue weighted by Crippen LogP contribution is 2.23. The van der Waals surface area contributed by atoms with E-state index >= 15 is 0 Å². The van der Waals surface area contributed by atoms with Crippen LogP contribution < -0.4 is 4.90 Å². The van der Waals surface area contributed by atoms with Gasteiger partial charge in [-0.15, -0.1) is 0 Å². The zero-order chi connectivity index (χ0) is 14.1. The van der Waals surface area contributed by atoms with Crippen molar-refractivity contribution >= 4 is 16.9 Å². The van der Waals surface area contributed by atoms with E-state index in [0.29, 0.717) is 0 Å². The lowest BCUT2D eigenvalue weighted by Gasteiger charge is -2.28. The summed E-state index contributed by atoms with van der Waals surface area (Å²) in [6.45, 7) is 3.51. The van der Waals surface area contributed by atoms with Crippen molar-refractivity contribution < 1.29 is 4.74 Å². The van der Waals surface area contributed by atoms with Gasteiger partial charge in [-0.2, -0.15) is 0 Å². The lowest BCUT2D eigenvalue weighted by molar-refractivity contribution is 0.122. The van der Waals surface area contributed by atoms with Crippen LogP contribution >= 0.6 is 0 Å². The van der Waals surface area contributed by atoms with E-state index in [0.717, 1.165) is 48.9 Å². The maximum absolute atomic E-state index is 5.38. The van der Waals surface area contributed by atoms with Crippen molar-refractivity contribution in [2.24, 2.45) is 0 Å². The molecule has 0 atom stereocenters. The monoisotopic (exact) mass is 280 g/mol. The van der Waals surface area contributed by atoms with Crippen LogP contribution in [0.15, 0.2) is 42.6 Å². The van der Waals surface area contributed by atoms with Crippen molar-refractivity contribution in [2.45, 2.75) is 0 Å². The van der Waals surface area contributed by atoms with Crippen LogP contribution in [0.5, 0.6) is 0 Å². The topological polar surface area (TPSA) is 54.0 Å². The lowest BCUT2D eigenvalue weighted by Crippen LogP contribution is -2.36. The molecule has 4 rings (SSSR count). The highest BCUT2D eigenvalue weighted by molar-refractivity contribution is 5.76. The van der Waals surface area contributed by atoms with Crippen LogP contribution in [0.2, 0.25) is 0 Å². The van der Waals surface area contributed by atoms with Gasteiger partial charge >= 0.3 is 0 Å². The maximum Gasteiger partial charge on any atom is 0.178 e. The fourth-order valence-electron chi connectivity index (χ4n) is 2.63. The molecule has 1 fully saturated rings. The van der Waals surface area contributed by atoms with E-state index in [2.05, 4.69) is 44.1 Å². The molecule has 1 aromatic carbocycles. The molecule has 0 radical (unpaired) electrons. The van der Waals surface area contributed by atoms with Crippen LogP contribution in [0.4, 0.5) is 5.69 Å². The highest BCUT2D eigenvalue weighted by Gasteiger charge is 2.11. The van der Waals surface area contributed by atoms with Crippen molar-refractivity contribution in [3.05, 3.63) is 42.6 Å². The van der Waals surface area contributed by atoms with E-state index in [-0.39, 0.29) is 0 Å². The van der Waals surface area contributed by atoms with Crippen LogP contribution in [0, 0.1) is 0 Å². The Morgan fingerprint density at radius 3 is 2.62 bits per heavy atom. The smallest absolute Gasteiger partial charge is 0.178 e. The van der Waals surface area contributed by atoms with Crippen molar-refractivity contribution in [2.75, 3.05) is 31.2 Å². The Morgan fingerprint density at radius 2 is 1.86 bits per heavy atom. The molecule has 5 nitrogen and oxygen atoms in total. The quantitative estimate of drug-likeness (QED) is 0.783. The second-order valence-corrected chi connectivity index (χ2v) is 5.11. The number of nitrogens with one attached hydrogen (secondary N) is 1. The predicted octanol–water partition coefficient (Wildman–Crippen LogP) is 2.46. The average Bonchev–Trinajstić information content (AvgIpc) is 3.00. The number of aromatic amines is 1. The molecule has 1 N–H and O–H groups in total. The Morgan fingerprint density at radius 1 is 1.05 bits per heavy atom. The Balaban J connectivity index is 1.63. The molecule has 1 aliphatic rings. The number of pyridine rings is 1. The number of anilines is 1. The number of fused-ring (bicyclic) bond motifs is 1. The molecule has 1 aliphatic heterocycles. The molecule has 3 heterocycles. The number of ether oxygens (including phenoxy) is 1. The second kappa shape index (κ2) is 5.18. The normalized spacial score (nSPS) is 15.5. The molecule has 0 spiro atoms. The largest absolute Gasteiger partial charge is 0.378 e. The van der Waals surface area contributed by atoms with E-state index in [4.69, 9.17) is 4.74 Å². The molecule has 0 unspecified atom stereocenters. The van der Waals surface area contributed by atoms with E-state index in [1.54, 1.807) is 6.20 Å². The van der Waals surface area contributed by atoms with Gasteiger partial charge in [0.05, 0.1) is 18.7 Å². The fourth-order valence-corrected chi connectivity index (χ4v) is 2.63. The van der Waals surface area contributed by atoms with Gasteiger partial charge in [-0.1, -0.05) is 0 Å². The number of morpholine rings is 1. The minimum atomic E-state index is 0.754. The Labute approximate surface area is 122 Å². The summed E-state index contributed by atoms with van der Waals surface area (Å²) in [6, 6.07) is 12.4. The molecule has 2 aromatic heterocycles. The molecule has 5 heteroatoms. The molecule has 106 valence electrons. The van der Waals surface area contributed by atoms with Crippen LogP contribution in [-0.2, 0) is 4.74 Å². The first-order valence-electron chi connectivity index (χ1n) is 7.14. The molecule has 0 amide bonds. The third-order valence-electron chi connectivity index (χ3n) is 3.77. The highest BCUT2D eigenvalue weighted by atomic mass is 16.5. The van der Waals surface area contributed by atoms with Crippen molar-refractivity contribution in [1.29, 1.82) is 0 Å². The van der Waals surface area contributed by atoms with Crippen LogP contribution in [0.3, 0.4) is 0 Å². The van der Waals surface area contributed by atoms with Gasteiger partial charge in [0.25, 0.3) is 0 Å². The van der Waals surface area contributed by atoms with Gasteiger partial charge in [0.1, 0.15) is 5.82 Å². The average molecular weight is 280 g/mol. The van der Waals surface area contributed by atoms with Gasteiger partial charge in [0.2, 0.25) is 0 Å². The SMILES string of the molecule is c1cnc2nc(-c3ccc(N4CCOCC4)cc3)[nH]c2c1. The fraction of sp³-hybridized carbons (Fsp3) is 0.250. The van der Waals surface area contributed by atoms with E-state index in [9.17, 15) is 0 Å². The Kier molecular flexibility index (Phi) is 3.05. The van der Waals surface area contributed by atoms with Crippen LogP contribution in [0.25, 0.3) is 22.6 Å². The van der Waals surface area contributed by atoms with Crippen molar-refractivity contribution in [3.63, 3.8) is 0 Å². The van der Waals surface area contributed by atoms with Crippen molar-refractivity contribution in [3.8, 4) is 11.4 Å². The third kappa shape index (κ3) is 2.36. The van der Waals surface area contributed by atoms with E-state index in [1.807, 2.05) is 12.1 Å². The molecular formula is C16H16N4O. The van der Waals surface area contributed by atoms with Gasteiger partial charge in [0.15, 0.2) is 5.65 Å². The van der Waals surface area contributed by atoms with E-state index < -0.39 is 0 Å². The molecule has 21 heavy (non-hydrogen) atoms. The summed E-state index contributed by atoms with van der Waals surface area (Å²) in [6.07, 6.45) is 1.76. The standard InChI is InChI=1S/C16H16N4O/c1-2-14-16(17-7-1)19-15(18-14)12-3-5-13(6-4-12)20-8-10-21-11-9-20/h1-7H,8-11H2,(H,17,18,19). The Hall–Kier alpha value is -2.40. The first-order valence-corrected chi connectivity index (χ1v) is 7.14. The zero-order valence-corrected chi connectivity index (χ0v) is 11.6. The number of rotatable bonds is 2. The summed E-state index contributed by atoms with van der Waals surface area (Å²) >= 11 is 0. The minimum absolute atomic E-state index is 0.754. The number of imidazole rings is 1. The summed E-state index contributed by atoms with van der Waals surface area (Å²) in [7, 11) is 0. The van der Waals surface area contributed by atoms with Gasteiger partial charge in [-0.25, -0.2) is 9.97 Å². The number of hydrogen-bond donors (Lipinski definition) is 1. The summed E-state index contributed by atoms with van der Waals surface area (Å²) in [4.78, 5) is 14.4. The third-order valence-corrected chi connectivity index (χ3v) is 3.77. The van der Waals surface area contributed by atoms with Gasteiger partial charge in [-0.3, -0.25) is 0 Å². The first-order chi connectivity index (χ1) is 10.4. The minimum Gasteiger partial charge on any atom is -0.378 e. The van der Waals surface area contributed by atoms with Gasteiger partial charge in [-0.05, 0) is 36.4 Å². The summed E-state index contributed by atoms with van der Waals surface area (Å²) in [5.41, 5.74) is 4.02. The van der Waals surface area contributed by atoms with Crippen LogP contribution in [0.1, 0.15) is 0 Å². The van der Waals surface area contributed by atoms with E-state index in [1.165, 1.54) is 5.69 Å². The maximum atomic E-state index is 5.38. The van der Waals surface area contributed by atoms with Crippen LogP contribution in [-0.4, -0.2) is 41.3 Å². The van der Waals surface area contributed by atoms with Gasteiger partial charge < -0.3 is 14.6 Å². The summed E-state index contributed by atoms with van der Waals surface area (Å²) in [5, 5.41) is 0. The molecule has 1 saturated heterocycles. The number of hydrogen-bond acceptors (Lipinski definition) is 4. The lowest BCUT2D eigenvalue weighted by atomic mass is 10.2. The first kappa shape index (κ1) is 12.3. The van der Waals surface area contributed by atoms with Crippen molar-refractivity contribution in [1.82, 2.24) is 15.0 Å². The van der Waals surface area contributed by atoms with Gasteiger partial charge in [0, 0.05) is 30.5 Å². The molecular weight excluding hydrogens is 264 g/mol. The summed E-state index contributed by atoms with van der Waals surface area (Å²) < 4.78 is 5.38.